The van der Waals surface area contributed by atoms with Gasteiger partial charge < -0.3 is 19.9 Å². The highest BCUT2D eigenvalue weighted by atomic mass is 16.5. The number of rotatable bonds is 5. The lowest BCUT2D eigenvalue weighted by molar-refractivity contribution is 0.0740. The number of nitrogens with zero attached hydrogens (tertiary/aromatic N) is 4. The Balaban J connectivity index is 1.41. The molecule has 7 heteroatoms. The maximum atomic E-state index is 12.9. The van der Waals surface area contributed by atoms with E-state index in [2.05, 4.69) is 20.2 Å². The minimum atomic E-state index is -0.0556. The number of ether oxygens (including phenoxy) is 1. The number of anilines is 3. The SMILES string of the molecule is COc1cccc(Nc2ccnc(C(=O)N3CCN(c4ccccn4)CC3)c2)c1. The van der Waals surface area contributed by atoms with Crippen LogP contribution in [0.2, 0.25) is 0 Å². The Hall–Kier alpha value is -3.61. The van der Waals surface area contributed by atoms with E-state index < -0.39 is 0 Å². The van der Waals surface area contributed by atoms with E-state index in [1.165, 1.54) is 0 Å². The summed E-state index contributed by atoms with van der Waals surface area (Å²) in [6, 6.07) is 17.1. The van der Waals surface area contributed by atoms with Crippen LogP contribution in [0, 0.1) is 0 Å². The molecule has 3 aromatic rings. The average Bonchev–Trinajstić information content (AvgIpc) is 2.79. The van der Waals surface area contributed by atoms with Crippen LogP contribution in [0.15, 0.2) is 67.0 Å². The van der Waals surface area contributed by atoms with Crippen molar-refractivity contribution in [3.63, 3.8) is 0 Å². The monoisotopic (exact) mass is 389 g/mol. The molecule has 0 aliphatic carbocycles. The molecule has 0 unspecified atom stereocenters. The van der Waals surface area contributed by atoms with Gasteiger partial charge in [-0.05, 0) is 36.4 Å². The van der Waals surface area contributed by atoms with Gasteiger partial charge in [0.25, 0.3) is 5.91 Å². The quantitative estimate of drug-likeness (QED) is 0.723. The van der Waals surface area contributed by atoms with Crippen molar-refractivity contribution < 1.29 is 9.53 Å². The number of carbonyl (C=O) groups is 1. The van der Waals surface area contributed by atoms with Gasteiger partial charge in [-0.1, -0.05) is 12.1 Å². The molecule has 1 amide bonds. The first-order valence-corrected chi connectivity index (χ1v) is 9.55. The third-order valence-electron chi connectivity index (χ3n) is 4.88. The van der Waals surface area contributed by atoms with Gasteiger partial charge in [-0.25, -0.2) is 4.98 Å². The van der Waals surface area contributed by atoms with Crippen molar-refractivity contribution in [3.8, 4) is 5.75 Å². The molecule has 0 spiro atoms. The summed E-state index contributed by atoms with van der Waals surface area (Å²) in [5, 5.41) is 3.30. The fraction of sp³-hybridized carbons (Fsp3) is 0.227. The Morgan fingerprint density at radius 1 is 0.931 bits per heavy atom. The van der Waals surface area contributed by atoms with Gasteiger partial charge >= 0.3 is 0 Å². The van der Waals surface area contributed by atoms with E-state index in [0.29, 0.717) is 18.8 Å². The van der Waals surface area contributed by atoms with Crippen LogP contribution in [-0.4, -0.2) is 54.1 Å². The van der Waals surface area contributed by atoms with Crippen molar-refractivity contribution in [3.05, 3.63) is 72.7 Å². The van der Waals surface area contributed by atoms with Crippen LogP contribution in [-0.2, 0) is 0 Å². The average molecular weight is 389 g/mol. The van der Waals surface area contributed by atoms with Crippen LogP contribution >= 0.6 is 0 Å². The van der Waals surface area contributed by atoms with Gasteiger partial charge in [-0.3, -0.25) is 9.78 Å². The Morgan fingerprint density at radius 2 is 1.76 bits per heavy atom. The third kappa shape index (κ3) is 4.45. The number of pyridine rings is 2. The molecule has 0 bridgehead atoms. The molecule has 1 fully saturated rings. The zero-order chi connectivity index (χ0) is 20.1. The maximum Gasteiger partial charge on any atom is 0.272 e. The summed E-state index contributed by atoms with van der Waals surface area (Å²) in [7, 11) is 1.63. The van der Waals surface area contributed by atoms with E-state index in [1.807, 2.05) is 53.4 Å². The number of carbonyl (C=O) groups excluding carboxylic acids is 1. The summed E-state index contributed by atoms with van der Waals surface area (Å²) < 4.78 is 5.25. The highest BCUT2D eigenvalue weighted by Crippen LogP contribution is 2.22. The van der Waals surface area contributed by atoms with Crippen molar-refractivity contribution in [1.82, 2.24) is 14.9 Å². The summed E-state index contributed by atoms with van der Waals surface area (Å²) in [6.07, 6.45) is 3.44. The summed E-state index contributed by atoms with van der Waals surface area (Å²) in [5.41, 5.74) is 2.13. The number of amides is 1. The van der Waals surface area contributed by atoms with Crippen molar-refractivity contribution in [2.24, 2.45) is 0 Å². The van der Waals surface area contributed by atoms with Gasteiger partial charge in [0.15, 0.2) is 0 Å². The van der Waals surface area contributed by atoms with Crippen molar-refractivity contribution in [1.29, 1.82) is 0 Å². The highest BCUT2D eigenvalue weighted by molar-refractivity contribution is 5.93. The van der Waals surface area contributed by atoms with E-state index >= 15 is 0 Å². The number of hydrogen-bond donors (Lipinski definition) is 1. The van der Waals surface area contributed by atoms with Gasteiger partial charge in [-0.15, -0.1) is 0 Å². The minimum Gasteiger partial charge on any atom is -0.497 e. The largest absolute Gasteiger partial charge is 0.497 e. The molecule has 0 atom stereocenters. The molecule has 29 heavy (non-hydrogen) atoms. The van der Waals surface area contributed by atoms with Crippen LogP contribution < -0.4 is 15.0 Å². The number of piperazine rings is 1. The van der Waals surface area contributed by atoms with Crippen LogP contribution in [0.5, 0.6) is 5.75 Å². The number of benzene rings is 1. The predicted molar refractivity (Wildman–Crippen MR) is 113 cm³/mol. The third-order valence-corrected chi connectivity index (χ3v) is 4.88. The molecule has 148 valence electrons. The van der Waals surface area contributed by atoms with Crippen molar-refractivity contribution in [2.45, 2.75) is 0 Å². The lowest BCUT2D eigenvalue weighted by Crippen LogP contribution is -2.49. The number of nitrogens with one attached hydrogen (secondary N) is 1. The van der Waals surface area contributed by atoms with Crippen LogP contribution in [0.1, 0.15) is 10.5 Å². The molecule has 1 N–H and O–H groups in total. The Morgan fingerprint density at radius 3 is 2.52 bits per heavy atom. The second-order valence-electron chi connectivity index (χ2n) is 6.75. The fourth-order valence-corrected chi connectivity index (χ4v) is 3.33. The predicted octanol–water partition coefficient (Wildman–Crippen LogP) is 3.19. The Labute approximate surface area is 170 Å². The fourth-order valence-electron chi connectivity index (χ4n) is 3.33. The van der Waals surface area contributed by atoms with E-state index in [-0.39, 0.29) is 5.91 Å². The van der Waals surface area contributed by atoms with Gasteiger partial charge in [0.1, 0.15) is 17.3 Å². The number of hydrogen-bond acceptors (Lipinski definition) is 6. The molecular formula is C22H23N5O2. The van der Waals surface area contributed by atoms with E-state index in [0.717, 1.165) is 36.0 Å². The molecule has 0 radical (unpaired) electrons. The van der Waals surface area contributed by atoms with Gasteiger partial charge in [0.05, 0.1) is 7.11 Å². The van der Waals surface area contributed by atoms with Gasteiger partial charge in [0.2, 0.25) is 0 Å². The zero-order valence-electron chi connectivity index (χ0n) is 16.3. The second-order valence-corrected chi connectivity index (χ2v) is 6.75. The zero-order valence-corrected chi connectivity index (χ0v) is 16.3. The summed E-state index contributed by atoms with van der Waals surface area (Å²) in [4.78, 5) is 25.6. The van der Waals surface area contributed by atoms with Crippen LogP contribution in [0.3, 0.4) is 0 Å². The molecule has 2 aromatic heterocycles. The number of aromatic nitrogens is 2. The van der Waals surface area contributed by atoms with Gasteiger partial charge in [0, 0.05) is 56.0 Å². The molecule has 1 aromatic carbocycles. The van der Waals surface area contributed by atoms with Crippen LogP contribution in [0.4, 0.5) is 17.2 Å². The first-order chi connectivity index (χ1) is 14.2. The molecule has 3 heterocycles. The van der Waals surface area contributed by atoms with Crippen LogP contribution in [0.25, 0.3) is 0 Å². The van der Waals surface area contributed by atoms with E-state index in [4.69, 9.17) is 4.74 Å². The molecule has 1 saturated heterocycles. The van der Waals surface area contributed by atoms with Crippen molar-refractivity contribution in [2.75, 3.05) is 43.5 Å². The topological polar surface area (TPSA) is 70.6 Å². The summed E-state index contributed by atoms with van der Waals surface area (Å²) >= 11 is 0. The van der Waals surface area contributed by atoms with Crippen molar-refractivity contribution >= 4 is 23.1 Å². The van der Waals surface area contributed by atoms with Gasteiger partial charge in [-0.2, -0.15) is 0 Å². The smallest absolute Gasteiger partial charge is 0.272 e. The molecular weight excluding hydrogens is 366 g/mol. The Bertz CT molecular complexity index is 972. The molecule has 0 saturated carbocycles. The first-order valence-electron chi connectivity index (χ1n) is 9.55. The standard InChI is InChI=1S/C22H23N5O2/c1-29-19-6-4-5-17(15-19)25-18-8-10-23-20(16-18)22(28)27-13-11-26(12-14-27)21-7-2-3-9-24-21/h2-10,15-16H,11-14H2,1H3,(H,23,25). The number of methoxy groups -OCH3 is 1. The Kier molecular flexibility index (Phi) is 5.56. The normalized spacial score (nSPS) is 13.8. The lowest BCUT2D eigenvalue weighted by atomic mass is 10.2. The van der Waals surface area contributed by atoms with E-state index in [1.54, 1.807) is 25.6 Å². The summed E-state index contributed by atoms with van der Waals surface area (Å²) in [5.74, 6) is 1.66. The minimum absolute atomic E-state index is 0.0556. The molecule has 1 aliphatic heterocycles. The maximum absolute atomic E-state index is 12.9. The molecule has 7 nitrogen and oxygen atoms in total. The molecule has 1 aliphatic rings. The summed E-state index contributed by atoms with van der Waals surface area (Å²) in [6.45, 7) is 2.80. The second kappa shape index (κ2) is 8.60. The highest BCUT2D eigenvalue weighted by Gasteiger charge is 2.23. The molecule has 4 rings (SSSR count). The first kappa shape index (κ1) is 18.7. The lowest BCUT2D eigenvalue weighted by Gasteiger charge is -2.35. The van der Waals surface area contributed by atoms with E-state index in [9.17, 15) is 4.79 Å².